The third kappa shape index (κ3) is 1.93. The highest BCUT2D eigenvalue weighted by atomic mass is 15.1. The van der Waals surface area contributed by atoms with Gasteiger partial charge in [-0.1, -0.05) is 39.8 Å². The van der Waals surface area contributed by atoms with E-state index in [-0.39, 0.29) is 0 Å². The normalized spacial score (nSPS) is 20.6. The number of nitrogens with one attached hydrogen (secondary N) is 1. The molecular weight excluding hydrogens is 234 g/mol. The number of nitrogens with zero attached hydrogens (tertiary/aromatic N) is 2. The van der Waals surface area contributed by atoms with Crippen LogP contribution < -0.4 is 5.32 Å². The fraction of sp³-hybridized carbons (Fsp3) is 0.500. The maximum atomic E-state index is 4.65. The minimum absolute atomic E-state index is 0.358. The van der Waals surface area contributed by atoms with Crippen molar-refractivity contribution in [2.75, 3.05) is 0 Å². The van der Waals surface area contributed by atoms with Gasteiger partial charge >= 0.3 is 0 Å². The summed E-state index contributed by atoms with van der Waals surface area (Å²) in [5.41, 5.74) is 3.65. The van der Waals surface area contributed by atoms with Crippen LogP contribution in [0.2, 0.25) is 0 Å². The zero-order valence-corrected chi connectivity index (χ0v) is 12.1. The van der Waals surface area contributed by atoms with Crippen LogP contribution in [-0.2, 0) is 6.54 Å². The average molecular weight is 255 g/mol. The Balaban J connectivity index is 1.73. The van der Waals surface area contributed by atoms with Crippen molar-refractivity contribution in [3.63, 3.8) is 0 Å². The molecule has 0 bridgehead atoms. The summed E-state index contributed by atoms with van der Waals surface area (Å²) < 4.78 is 0. The molecule has 1 fully saturated rings. The Kier molecular flexibility index (Phi) is 2.65. The van der Waals surface area contributed by atoms with Gasteiger partial charge in [-0.25, -0.2) is 4.98 Å². The number of aromatic nitrogens is 2. The van der Waals surface area contributed by atoms with E-state index < -0.39 is 0 Å². The van der Waals surface area contributed by atoms with E-state index in [1.165, 1.54) is 0 Å². The lowest BCUT2D eigenvalue weighted by Crippen LogP contribution is -2.22. The fourth-order valence-electron chi connectivity index (χ4n) is 2.99. The third-order valence-electron chi connectivity index (χ3n) is 5.01. The van der Waals surface area contributed by atoms with Crippen LogP contribution in [0.1, 0.15) is 33.4 Å². The Labute approximate surface area is 114 Å². The SMILES string of the molecule is CC1(C)C(NCc2cnc3ccccc3n2)C1(C)C. The molecule has 0 radical (unpaired) electrons. The molecule has 1 aliphatic carbocycles. The van der Waals surface area contributed by atoms with Crippen molar-refractivity contribution in [2.24, 2.45) is 10.8 Å². The van der Waals surface area contributed by atoms with Gasteiger partial charge in [-0.15, -0.1) is 0 Å². The van der Waals surface area contributed by atoms with Crippen molar-refractivity contribution in [1.82, 2.24) is 15.3 Å². The van der Waals surface area contributed by atoms with Crippen LogP contribution >= 0.6 is 0 Å². The lowest BCUT2D eigenvalue weighted by atomic mass is 10.0. The smallest absolute Gasteiger partial charge is 0.0890 e. The monoisotopic (exact) mass is 255 g/mol. The van der Waals surface area contributed by atoms with Crippen molar-refractivity contribution in [3.8, 4) is 0 Å². The predicted octanol–water partition coefficient (Wildman–Crippen LogP) is 3.15. The molecule has 1 aromatic carbocycles. The summed E-state index contributed by atoms with van der Waals surface area (Å²) in [6.45, 7) is 10.1. The number of benzene rings is 1. The van der Waals surface area contributed by atoms with E-state index in [0.29, 0.717) is 16.9 Å². The first-order chi connectivity index (χ1) is 8.93. The Morgan fingerprint density at radius 2 is 1.68 bits per heavy atom. The van der Waals surface area contributed by atoms with Gasteiger partial charge in [0.25, 0.3) is 0 Å². The van der Waals surface area contributed by atoms with E-state index in [9.17, 15) is 0 Å². The van der Waals surface area contributed by atoms with Crippen molar-refractivity contribution in [1.29, 1.82) is 0 Å². The molecule has 3 nitrogen and oxygen atoms in total. The molecule has 3 heteroatoms. The van der Waals surface area contributed by atoms with E-state index in [0.717, 1.165) is 23.3 Å². The lowest BCUT2D eigenvalue weighted by Gasteiger charge is -2.06. The lowest BCUT2D eigenvalue weighted by molar-refractivity contribution is 0.457. The second kappa shape index (κ2) is 4.01. The van der Waals surface area contributed by atoms with Gasteiger partial charge < -0.3 is 5.32 Å². The van der Waals surface area contributed by atoms with Gasteiger partial charge in [0.1, 0.15) is 0 Å². The van der Waals surface area contributed by atoms with Crippen molar-refractivity contribution in [2.45, 2.75) is 40.3 Å². The molecule has 0 amide bonds. The maximum absolute atomic E-state index is 4.65. The molecule has 1 saturated carbocycles. The molecule has 1 heterocycles. The van der Waals surface area contributed by atoms with Crippen molar-refractivity contribution >= 4 is 11.0 Å². The van der Waals surface area contributed by atoms with Gasteiger partial charge in [0.2, 0.25) is 0 Å². The summed E-state index contributed by atoms with van der Waals surface area (Å²) in [7, 11) is 0. The number of rotatable bonds is 3. The molecule has 19 heavy (non-hydrogen) atoms. The van der Waals surface area contributed by atoms with Crippen LogP contribution in [0.5, 0.6) is 0 Å². The maximum Gasteiger partial charge on any atom is 0.0890 e. The first-order valence-electron chi connectivity index (χ1n) is 6.87. The Hall–Kier alpha value is -1.48. The van der Waals surface area contributed by atoms with Crippen LogP contribution in [0.15, 0.2) is 30.5 Å². The minimum atomic E-state index is 0.358. The molecule has 1 N–H and O–H groups in total. The molecular formula is C16H21N3. The van der Waals surface area contributed by atoms with Gasteiger partial charge in [0.05, 0.1) is 22.9 Å². The van der Waals surface area contributed by atoms with E-state index in [1.807, 2.05) is 30.5 Å². The highest BCUT2D eigenvalue weighted by Crippen LogP contribution is 2.62. The summed E-state index contributed by atoms with van der Waals surface area (Å²) in [5, 5.41) is 3.62. The van der Waals surface area contributed by atoms with Gasteiger partial charge in [-0.3, -0.25) is 4.98 Å². The molecule has 0 aliphatic heterocycles. The highest BCUT2D eigenvalue weighted by Gasteiger charge is 2.64. The molecule has 0 saturated heterocycles. The quantitative estimate of drug-likeness (QED) is 0.915. The number of fused-ring (bicyclic) bond motifs is 1. The highest BCUT2D eigenvalue weighted by molar-refractivity contribution is 5.73. The van der Waals surface area contributed by atoms with Crippen LogP contribution in [0.25, 0.3) is 11.0 Å². The molecule has 2 aromatic rings. The second-order valence-corrected chi connectivity index (χ2v) is 6.61. The van der Waals surface area contributed by atoms with E-state index in [4.69, 9.17) is 0 Å². The zero-order valence-electron chi connectivity index (χ0n) is 12.1. The van der Waals surface area contributed by atoms with Gasteiger partial charge in [0.15, 0.2) is 0 Å². The van der Waals surface area contributed by atoms with E-state index in [2.05, 4.69) is 43.0 Å². The standard InChI is InChI=1S/C16H21N3/c1-15(2)14(16(15,3)4)18-10-11-9-17-12-7-5-6-8-13(12)19-11/h5-9,14,18H,10H2,1-4H3. The summed E-state index contributed by atoms with van der Waals surface area (Å²) in [6.07, 6.45) is 1.87. The molecule has 0 unspecified atom stereocenters. The molecule has 100 valence electrons. The Morgan fingerprint density at radius 1 is 1.05 bits per heavy atom. The first-order valence-corrected chi connectivity index (χ1v) is 6.87. The van der Waals surface area contributed by atoms with Crippen molar-refractivity contribution in [3.05, 3.63) is 36.2 Å². The average Bonchev–Trinajstić information content (AvgIpc) is 2.77. The van der Waals surface area contributed by atoms with Crippen LogP contribution in [-0.4, -0.2) is 16.0 Å². The van der Waals surface area contributed by atoms with E-state index >= 15 is 0 Å². The van der Waals surface area contributed by atoms with Crippen LogP contribution in [0, 0.1) is 10.8 Å². The van der Waals surface area contributed by atoms with Crippen LogP contribution in [0.3, 0.4) is 0 Å². The zero-order chi connectivity index (χ0) is 13.7. The largest absolute Gasteiger partial charge is 0.307 e. The molecule has 1 aliphatic rings. The van der Waals surface area contributed by atoms with Gasteiger partial charge in [-0.2, -0.15) is 0 Å². The fourth-order valence-corrected chi connectivity index (χ4v) is 2.99. The summed E-state index contributed by atoms with van der Waals surface area (Å²) in [5.74, 6) is 0. The molecule has 0 atom stereocenters. The Bertz CT molecular complexity index is 602. The minimum Gasteiger partial charge on any atom is -0.307 e. The topological polar surface area (TPSA) is 37.8 Å². The third-order valence-corrected chi connectivity index (χ3v) is 5.01. The van der Waals surface area contributed by atoms with Gasteiger partial charge in [0, 0.05) is 12.6 Å². The summed E-state index contributed by atoms with van der Waals surface area (Å²) >= 11 is 0. The number of hydrogen-bond donors (Lipinski definition) is 1. The summed E-state index contributed by atoms with van der Waals surface area (Å²) in [6, 6.07) is 8.54. The molecule has 3 rings (SSSR count). The second-order valence-electron chi connectivity index (χ2n) is 6.61. The first kappa shape index (κ1) is 12.5. The van der Waals surface area contributed by atoms with Crippen molar-refractivity contribution < 1.29 is 0 Å². The Morgan fingerprint density at radius 3 is 2.32 bits per heavy atom. The molecule has 1 aromatic heterocycles. The predicted molar refractivity (Wildman–Crippen MR) is 77.7 cm³/mol. The summed E-state index contributed by atoms with van der Waals surface area (Å²) in [4.78, 5) is 9.10. The van der Waals surface area contributed by atoms with Gasteiger partial charge in [-0.05, 0) is 23.0 Å². The molecule has 0 spiro atoms. The number of para-hydroxylation sites is 2. The van der Waals surface area contributed by atoms with E-state index in [1.54, 1.807) is 0 Å². The van der Waals surface area contributed by atoms with Crippen LogP contribution in [0.4, 0.5) is 0 Å². The number of hydrogen-bond acceptors (Lipinski definition) is 3.